The Morgan fingerprint density at radius 3 is 2.22 bits per heavy atom. The zero-order valence-electron chi connectivity index (χ0n) is 26.3. The molecular formula is C37H30F2NO+. The van der Waals surface area contributed by atoms with Crippen molar-refractivity contribution < 1.29 is 21.9 Å². The van der Waals surface area contributed by atoms with Crippen LogP contribution >= 0.6 is 0 Å². The van der Waals surface area contributed by atoms with Gasteiger partial charge in [0.15, 0.2) is 5.82 Å². The normalized spacial score (nSPS) is 13.4. The highest BCUT2D eigenvalue weighted by Gasteiger charge is 2.25. The van der Waals surface area contributed by atoms with Crippen molar-refractivity contribution in [1.82, 2.24) is 0 Å². The zero-order chi connectivity index (χ0) is 31.1. The van der Waals surface area contributed by atoms with E-state index in [2.05, 4.69) is 0 Å². The number of nitrogens with zero attached hydrogens (tertiary/aromatic N) is 1. The van der Waals surface area contributed by atoms with Gasteiger partial charge in [-0.15, -0.1) is 0 Å². The van der Waals surface area contributed by atoms with Gasteiger partial charge in [0.25, 0.3) is 0 Å². The summed E-state index contributed by atoms with van der Waals surface area (Å²) in [6.45, 7) is 5.37. The topological polar surface area (TPSA) is 17.0 Å². The third kappa shape index (κ3) is 4.01. The lowest BCUT2D eigenvalue weighted by Gasteiger charge is -2.12. The first-order chi connectivity index (χ1) is 21.0. The zero-order valence-corrected chi connectivity index (χ0v) is 23.3. The standard InChI is InChI=1S/C37H30F2NO/c1-21(2)17-24-19-33(40(4)20-32(24)39)34-22(3)13-14-28-29-15-16-31(38)35(37(29)41-36(28)34)30-18-23-9-5-6-10-25(23)26-11-7-8-12-27(26)30/h5-16,18-21H,17H2,1-4H3/q+1/i17D2,18D. The van der Waals surface area contributed by atoms with Crippen LogP contribution in [0.3, 0.4) is 0 Å². The van der Waals surface area contributed by atoms with Crippen molar-refractivity contribution in [2.75, 3.05) is 0 Å². The Morgan fingerprint density at radius 2 is 1.46 bits per heavy atom. The molecule has 0 aliphatic rings. The molecule has 0 saturated carbocycles. The van der Waals surface area contributed by atoms with E-state index in [4.69, 9.17) is 7.16 Å². The van der Waals surface area contributed by atoms with Gasteiger partial charge in [0, 0.05) is 25.1 Å². The van der Waals surface area contributed by atoms with Gasteiger partial charge >= 0.3 is 0 Å². The molecule has 202 valence electrons. The van der Waals surface area contributed by atoms with Crippen LogP contribution in [-0.4, -0.2) is 0 Å². The number of rotatable bonds is 4. The van der Waals surface area contributed by atoms with Gasteiger partial charge in [-0.2, -0.15) is 4.57 Å². The van der Waals surface area contributed by atoms with Gasteiger partial charge in [0.2, 0.25) is 11.9 Å². The number of halogens is 2. The molecule has 0 radical (unpaired) electrons. The van der Waals surface area contributed by atoms with E-state index in [0.717, 1.165) is 32.5 Å². The lowest BCUT2D eigenvalue weighted by atomic mass is 9.92. The summed E-state index contributed by atoms with van der Waals surface area (Å²) < 4.78 is 66.1. The summed E-state index contributed by atoms with van der Waals surface area (Å²) in [4.78, 5) is 0. The molecule has 0 unspecified atom stereocenters. The Hall–Kier alpha value is -4.57. The molecule has 7 aromatic rings. The van der Waals surface area contributed by atoms with E-state index < -0.39 is 23.9 Å². The van der Waals surface area contributed by atoms with Crippen molar-refractivity contribution in [3.8, 4) is 22.4 Å². The van der Waals surface area contributed by atoms with Crippen LogP contribution in [0.5, 0.6) is 0 Å². The van der Waals surface area contributed by atoms with Crippen LogP contribution in [0.2, 0.25) is 0 Å². The monoisotopic (exact) mass is 545 g/mol. The first kappa shape index (κ1) is 22.2. The number of pyridine rings is 1. The van der Waals surface area contributed by atoms with Crippen molar-refractivity contribution in [3.63, 3.8) is 0 Å². The first-order valence-electron chi connectivity index (χ1n) is 15.3. The smallest absolute Gasteiger partial charge is 0.216 e. The Kier molecular flexibility index (Phi) is 5.14. The van der Waals surface area contributed by atoms with Gasteiger partial charge < -0.3 is 4.42 Å². The number of aromatic nitrogens is 1. The largest absolute Gasteiger partial charge is 0.454 e. The van der Waals surface area contributed by atoms with Crippen LogP contribution in [0.1, 0.15) is 29.1 Å². The molecule has 41 heavy (non-hydrogen) atoms. The Morgan fingerprint density at radius 1 is 0.805 bits per heavy atom. The number of aryl methyl sites for hydroxylation is 2. The number of fused-ring (bicyclic) bond motifs is 6. The molecule has 4 heteroatoms. The van der Waals surface area contributed by atoms with Crippen LogP contribution < -0.4 is 4.57 Å². The average molecular weight is 546 g/mol. The summed E-state index contributed by atoms with van der Waals surface area (Å²) in [7, 11) is 1.72. The molecule has 0 bridgehead atoms. The number of benzene rings is 5. The maximum Gasteiger partial charge on any atom is 0.216 e. The lowest BCUT2D eigenvalue weighted by molar-refractivity contribution is -0.662. The van der Waals surface area contributed by atoms with Gasteiger partial charge in [-0.1, -0.05) is 74.5 Å². The van der Waals surface area contributed by atoms with Crippen LogP contribution in [0.15, 0.2) is 95.5 Å². The van der Waals surface area contributed by atoms with Gasteiger partial charge in [-0.25, -0.2) is 8.78 Å². The Bertz CT molecular complexity index is 2310. The molecule has 0 N–H and O–H groups in total. The second kappa shape index (κ2) is 9.52. The molecule has 2 heterocycles. The van der Waals surface area contributed by atoms with E-state index in [1.165, 1.54) is 12.3 Å². The average Bonchev–Trinajstić information content (AvgIpc) is 3.37. The summed E-state index contributed by atoms with van der Waals surface area (Å²) in [6.07, 6.45) is -0.606. The summed E-state index contributed by atoms with van der Waals surface area (Å²) in [5, 5.41) is 4.75. The summed E-state index contributed by atoms with van der Waals surface area (Å²) >= 11 is 0. The van der Waals surface area contributed by atoms with Gasteiger partial charge in [-0.3, -0.25) is 0 Å². The van der Waals surface area contributed by atoms with Crippen molar-refractivity contribution >= 4 is 43.5 Å². The predicted molar refractivity (Wildman–Crippen MR) is 164 cm³/mol. The molecule has 7 rings (SSSR count). The van der Waals surface area contributed by atoms with Gasteiger partial charge in [-0.05, 0) is 70.1 Å². The van der Waals surface area contributed by atoms with E-state index >= 15 is 8.78 Å². The highest BCUT2D eigenvalue weighted by Crippen LogP contribution is 2.44. The quantitative estimate of drug-likeness (QED) is 0.159. The van der Waals surface area contributed by atoms with E-state index in [-0.39, 0.29) is 17.2 Å². The molecule has 2 aromatic heterocycles. The SMILES string of the molecule is [2H]c1c(-c2c(F)ccc3c2oc2c(-c4cc(C([2H])([2H])C(C)C)c(F)c[n+]4C)c(C)ccc23)c2ccccc2c2ccccc12. The van der Waals surface area contributed by atoms with Gasteiger partial charge in [0.05, 0.1) is 12.5 Å². The molecule has 0 atom stereocenters. The first-order valence-corrected chi connectivity index (χ1v) is 13.8. The third-order valence-corrected chi connectivity index (χ3v) is 7.82. The summed E-state index contributed by atoms with van der Waals surface area (Å²) in [6, 6.07) is 24.2. The van der Waals surface area contributed by atoms with Gasteiger partial charge in [0.1, 0.15) is 24.0 Å². The molecule has 2 nitrogen and oxygen atoms in total. The fourth-order valence-electron chi connectivity index (χ4n) is 5.98. The van der Waals surface area contributed by atoms with E-state index in [1.54, 1.807) is 37.6 Å². The van der Waals surface area contributed by atoms with Crippen LogP contribution in [0.4, 0.5) is 8.78 Å². The minimum absolute atomic E-state index is 0.0265. The van der Waals surface area contributed by atoms with E-state index in [9.17, 15) is 1.37 Å². The van der Waals surface area contributed by atoms with Crippen molar-refractivity contribution in [1.29, 1.82) is 0 Å². The molecule has 0 aliphatic carbocycles. The second-order valence-corrected chi connectivity index (χ2v) is 11.0. The minimum atomic E-state index is -1.90. The fraction of sp³-hybridized carbons (Fsp3) is 0.162. The lowest BCUT2D eigenvalue weighted by Crippen LogP contribution is -2.32. The Labute approximate surface area is 241 Å². The van der Waals surface area contributed by atoms with E-state index in [1.807, 2.05) is 67.6 Å². The van der Waals surface area contributed by atoms with Crippen LogP contribution in [0, 0.1) is 24.5 Å². The molecule has 0 saturated heterocycles. The van der Waals surface area contributed by atoms with Crippen molar-refractivity contribution in [2.45, 2.75) is 27.1 Å². The Balaban J connectivity index is 1.59. The second-order valence-electron chi connectivity index (χ2n) is 11.0. The van der Waals surface area contributed by atoms with Crippen molar-refractivity contribution in [3.05, 3.63) is 114 Å². The number of furan rings is 1. The van der Waals surface area contributed by atoms with Crippen molar-refractivity contribution in [2.24, 2.45) is 13.0 Å². The summed E-state index contributed by atoms with van der Waals surface area (Å²) in [5.41, 5.74) is 3.55. The minimum Gasteiger partial charge on any atom is -0.454 e. The third-order valence-electron chi connectivity index (χ3n) is 7.82. The highest BCUT2D eigenvalue weighted by atomic mass is 19.1. The van der Waals surface area contributed by atoms with Crippen LogP contribution in [-0.2, 0) is 13.4 Å². The molecule has 5 aromatic carbocycles. The van der Waals surface area contributed by atoms with Crippen LogP contribution in [0.25, 0.3) is 65.9 Å². The predicted octanol–water partition coefficient (Wildman–Crippen LogP) is 9.84. The molecule has 0 spiro atoms. The maximum atomic E-state index is 16.1. The molecule has 0 fully saturated rings. The van der Waals surface area contributed by atoms with E-state index in [0.29, 0.717) is 33.4 Å². The fourth-order valence-corrected chi connectivity index (χ4v) is 5.98. The molecular weight excluding hydrogens is 512 g/mol. The number of hydrogen-bond acceptors (Lipinski definition) is 1. The highest BCUT2D eigenvalue weighted by molar-refractivity contribution is 6.18. The maximum absolute atomic E-state index is 16.1. The molecule has 0 amide bonds. The molecule has 0 aliphatic heterocycles. The number of hydrogen-bond donors (Lipinski definition) is 0. The summed E-state index contributed by atoms with van der Waals surface area (Å²) in [5.74, 6) is -1.58.